The quantitative estimate of drug-likeness (QED) is 0.297. The molecule has 0 atom stereocenters. The molecule has 0 unspecified atom stereocenters. The fraction of sp³-hybridized carbons (Fsp3) is 0.207. The van der Waals surface area contributed by atoms with E-state index in [9.17, 15) is 22.8 Å². The van der Waals surface area contributed by atoms with Crippen LogP contribution in [-0.4, -0.2) is 46.2 Å². The van der Waals surface area contributed by atoms with Crippen molar-refractivity contribution in [1.82, 2.24) is 14.7 Å². The predicted octanol–water partition coefficient (Wildman–Crippen LogP) is 6.06. The summed E-state index contributed by atoms with van der Waals surface area (Å²) in [6.07, 6.45) is -4.59. The van der Waals surface area contributed by atoms with Gasteiger partial charge in [-0.3, -0.25) is 9.59 Å². The van der Waals surface area contributed by atoms with E-state index in [-0.39, 0.29) is 12.1 Å². The monoisotopic (exact) mass is 536 g/mol. The van der Waals surface area contributed by atoms with Crippen LogP contribution in [0, 0.1) is 0 Å². The van der Waals surface area contributed by atoms with Gasteiger partial charge in [0.1, 0.15) is 18.1 Å². The maximum absolute atomic E-state index is 13.2. The lowest BCUT2D eigenvalue weighted by molar-refractivity contribution is -0.137. The van der Waals surface area contributed by atoms with Crippen molar-refractivity contribution in [2.75, 3.05) is 19.0 Å². The molecule has 2 amide bonds. The van der Waals surface area contributed by atoms with Crippen LogP contribution in [0.4, 0.5) is 19.0 Å². The number of alkyl halides is 3. The first-order valence-electron chi connectivity index (χ1n) is 12.1. The van der Waals surface area contributed by atoms with Crippen LogP contribution in [0.15, 0.2) is 84.9 Å². The molecule has 202 valence electrons. The molecule has 1 N–H and O–H groups in total. The van der Waals surface area contributed by atoms with E-state index >= 15 is 0 Å². The van der Waals surface area contributed by atoms with E-state index < -0.39 is 29.6 Å². The zero-order valence-electron chi connectivity index (χ0n) is 21.6. The van der Waals surface area contributed by atoms with Crippen molar-refractivity contribution in [3.05, 3.63) is 96.1 Å². The second kappa shape index (κ2) is 11.4. The summed E-state index contributed by atoms with van der Waals surface area (Å²) in [6.45, 7) is 3.00. The summed E-state index contributed by atoms with van der Waals surface area (Å²) in [5.41, 5.74) is 1.03. The number of methoxy groups -OCH3 is 1. The van der Waals surface area contributed by atoms with E-state index in [0.717, 1.165) is 17.7 Å². The van der Waals surface area contributed by atoms with Crippen LogP contribution in [0.3, 0.4) is 0 Å². The van der Waals surface area contributed by atoms with Gasteiger partial charge in [0.25, 0.3) is 5.91 Å². The molecule has 10 heteroatoms. The highest BCUT2D eigenvalue weighted by atomic mass is 19.4. The fourth-order valence-electron chi connectivity index (χ4n) is 3.96. The molecule has 1 heterocycles. The van der Waals surface area contributed by atoms with Crippen LogP contribution in [0.5, 0.6) is 5.75 Å². The average molecular weight is 537 g/mol. The third kappa shape index (κ3) is 6.46. The van der Waals surface area contributed by atoms with Crippen LogP contribution in [0.2, 0.25) is 0 Å². The molecule has 4 rings (SSSR count). The molecule has 0 bridgehead atoms. The zero-order chi connectivity index (χ0) is 28.2. The minimum Gasteiger partial charge on any atom is -0.497 e. The number of anilines is 1. The summed E-state index contributed by atoms with van der Waals surface area (Å²) in [4.78, 5) is 27.5. The van der Waals surface area contributed by atoms with Gasteiger partial charge in [0.2, 0.25) is 5.91 Å². The van der Waals surface area contributed by atoms with Crippen molar-refractivity contribution >= 4 is 17.6 Å². The third-order valence-corrected chi connectivity index (χ3v) is 6.00. The summed E-state index contributed by atoms with van der Waals surface area (Å²) >= 11 is 0. The molecule has 0 saturated carbocycles. The van der Waals surface area contributed by atoms with E-state index in [2.05, 4.69) is 10.4 Å². The Balaban J connectivity index is 1.61. The Morgan fingerprint density at radius 1 is 0.974 bits per heavy atom. The van der Waals surface area contributed by atoms with Crippen LogP contribution >= 0.6 is 0 Å². The number of ether oxygens (including phenoxy) is 1. The van der Waals surface area contributed by atoms with Crippen molar-refractivity contribution in [2.45, 2.75) is 26.1 Å². The lowest BCUT2D eigenvalue weighted by atomic mass is 10.1. The molecule has 3 aromatic carbocycles. The summed E-state index contributed by atoms with van der Waals surface area (Å²) in [7, 11) is 1.56. The predicted molar refractivity (Wildman–Crippen MR) is 142 cm³/mol. The van der Waals surface area contributed by atoms with Gasteiger partial charge in [-0.1, -0.05) is 36.4 Å². The number of hydrogen-bond donors (Lipinski definition) is 1. The third-order valence-electron chi connectivity index (χ3n) is 6.00. The number of halogens is 3. The number of carbonyl (C=O) groups excluding carboxylic acids is 2. The Morgan fingerprint density at radius 2 is 1.67 bits per heavy atom. The lowest BCUT2D eigenvalue weighted by Crippen LogP contribution is -2.42. The molecule has 4 aromatic rings. The van der Waals surface area contributed by atoms with Crippen molar-refractivity contribution in [3.8, 4) is 22.7 Å². The van der Waals surface area contributed by atoms with Gasteiger partial charge in [0, 0.05) is 23.2 Å². The molecule has 39 heavy (non-hydrogen) atoms. The molecule has 0 aliphatic rings. The van der Waals surface area contributed by atoms with Crippen molar-refractivity contribution < 1.29 is 27.5 Å². The second-order valence-corrected chi connectivity index (χ2v) is 9.04. The first-order valence-corrected chi connectivity index (χ1v) is 12.1. The Morgan fingerprint density at radius 3 is 2.28 bits per heavy atom. The van der Waals surface area contributed by atoms with Crippen molar-refractivity contribution in [2.24, 2.45) is 0 Å². The van der Waals surface area contributed by atoms with Gasteiger partial charge in [-0.2, -0.15) is 18.3 Å². The van der Waals surface area contributed by atoms with E-state index in [1.54, 1.807) is 56.0 Å². The highest BCUT2D eigenvalue weighted by Crippen LogP contribution is 2.30. The topological polar surface area (TPSA) is 76.5 Å². The molecule has 7 nitrogen and oxygen atoms in total. The number of benzene rings is 3. The van der Waals surface area contributed by atoms with Gasteiger partial charge in [0.05, 0.1) is 24.1 Å². The van der Waals surface area contributed by atoms with E-state index in [4.69, 9.17) is 4.74 Å². The van der Waals surface area contributed by atoms with Crippen molar-refractivity contribution in [3.63, 3.8) is 0 Å². The van der Waals surface area contributed by atoms with Gasteiger partial charge in [0.15, 0.2) is 0 Å². The minimum atomic E-state index is -4.59. The molecule has 0 aliphatic heterocycles. The van der Waals surface area contributed by atoms with Gasteiger partial charge < -0.3 is 15.0 Å². The molecule has 0 radical (unpaired) electrons. The van der Waals surface area contributed by atoms with E-state index in [1.165, 1.54) is 17.0 Å². The molecule has 0 fully saturated rings. The van der Waals surface area contributed by atoms with Gasteiger partial charge in [-0.15, -0.1) is 0 Å². The number of aromatic nitrogens is 2. The first kappa shape index (κ1) is 27.4. The zero-order valence-corrected chi connectivity index (χ0v) is 21.6. The maximum atomic E-state index is 13.2. The number of nitrogens with one attached hydrogen (secondary N) is 1. The standard InChI is InChI=1S/C29H27F3N4O3/c1-19(2)35(28(38)21-10-7-11-22(16-21)29(30,31)32)18-27(37)33-26-17-25(20-8-5-4-6-9-20)34-36(26)23-12-14-24(39-3)15-13-23/h4-17,19H,18H2,1-3H3,(H,33,37). The number of hydrogen-bond acceptors (Lipinski definition) is 4. The molecular formula is C29H27F3N4O3. The normalized spacial score (nSPS) is 11.4. The number of nitrogens with zero attached hydrogens (tertiary/aromatic N) is 3. The number of rotatable bonds is 8. The number of amides is 2. The smallest absolute Gasteiger partial charge is 0.416 e. The summed E-state index contributed by atoms with van der Waals surface area (Å²) in [6, 6.07) is 21.9. The Kier molecular flexibility index (Phi) is 8.04. The summed E-state index contributed by atoms with van der Waals surface area (Å²) in [5, 5.41) is 7.47. The summed E-state index contributed by atoms with van der Waals surface area (Å²) in [5.74, 6) is -0.196. The largest absolute Gasteiger partial charge is 0.497 e. The highest BCUT2D eigenvalue weighted by molar-refractivity contribution is 5.99. The average Bonchev–Trinajstić information content (AvgIpc) is 3.35. The molecule has 0 spiro atoms. The fourth-order valence-corrected chi connectivity index (χ4v) is 3.96. The van der Waals surface area contributed by atoms with E-state index in [1.807, 2.05) is 30.3 Å². The first-order chi connectivity index (χ1) is 18.6. The minimum absolute atomic E-state index is 0.152. The Bertz CT molecular complexity index is 1450. The van der Waals surface area contributed by atoms with Crippen LogP contribution in [0.25, 0.3) is 16.9 Å². The number of carbonyl (C=O) groups is 2. The Hall–Kier alpha value is -4.60. The second-order valence-electron chi connectivity index (χ2n) is 9.04. The molecule has 0 saturated heterocycles. The van der Waals surface area contributed by atoms with Crippen molar-refractivity contribution in [1.29, 1.82) is 0 Å². The van der Waals surface area contributed by atoms with Gasteiger partial charge in [-0.05, 0) is 56.3 Å². The van der Waals surface area contributed by atoms with Gasteiger partial charge in [-0.25, -0.2) is 4.68 Å². The summed E-state index contributed by atoms with van der Waals surface area (Å²) < 4.78 is 46.3. The van der Waals surface area contributed by atoms with Crippen LogP contribution in [0.1, 0.15) is 29.8 Å². The van der Waals surface area contributed by atoms with Gasteiger partial charge >= 0.3 is 6.18 Å². The SMILES string of the molecule is COc1ccc(-n2nc(-c3ccccc3)cc2NC(=O)CN(C(=O)c2cccc(C(F)(F)F)c2)C(C)C)cc1. The highest BCUT2D eigenvalue weighted by Gasteiger charge is 2.32. The lowest BCUT2D eigenvalue weighted by Gasteiger charge is -2.26. The van der Waals surface area contributed by atoms with E-state index in [0.29, 0.717) is 22.9 Å². The molecule has 1 aromatic heterocycles. The maximum Gasteiger partial charge on any atom is 0.416 e. The van der Waals surface area contributed by atoms with Crippen LogP contribution in [-0.2, 0) is 11.0 Å². The Labute approximate surface area is 223 Å². The van der Waals surface area contributed by atoms with Crippen LogP contribution < -0.4 is 10.1 Å². The molecular weight excluding hydrogens is 509 g/mol. The molecule has 0 aliphatic carbocycles.